The molecule has 2 aromatic carbocycles. The highest BCUT2D eigenvalue weighted by molar-refractivity contribution is 7.92. The summed E-state index contributed by atoms with van der Waals surface area (Å²) in [7, 11) is -3.37. The van der Waals surface area contributed by atoms with Crippen LogP contribution in [0.5, 0.6) is 0 Å². The molecule has 4 rings (SSSR count). The summed E-state index contributed by atoms with van der Waals surface area (Å²) < 4.78 is 25.7. The second-order valence-electron chi connectivity index (χ2n) is 8.49. The molecular weight excluding hydrogens is 448 g/mol. The molecule has 1 saturated heterocycles. The maximum absolute atomic E-state index is 13.1. The summed E-state index contributed by atoms with van der Waals surface area (Å²) in [6.45, 7) is 8.80. The lowest BCUT2D eigenvalue weighted by Gasteiger charge is -2.36. The van der Waals surface area contributed by atoms with Crippen LogP contribution in [0.1, 0.15) is 29.8 Å². The van der Waals surface area contributed by atoms with Crippen molar-refractivity contribution in [3.63, 3.8) is 0 Å². The van der Waals surface area contributed by atoms with E-state index >= 15 is 0 Å². The van der Waals surface area contributed by atoms with E-state index in [1.54, 1.807) is 24.3 Å². The molecule has 1 amide bonds. The molecule has 7 nitrogen and oxygen atoms in total. The van der Waals surface area contributed by atoms with E-state index in [0.717, 1.165) is 44.0 Å². The lowest BCUT2D eigenvalue weighted by Crippen LogP contribution is -2.46. The number of likely N-dealkylation sites (N-methyl/N-ethyl adjacent to an activating group) is 1. The van der Waals surface area contributed by atoms with Crippen molar-refractivity contribution in [3.05, 3.63) is 52.5 Å². The fourth-order valence-electron chi connectivity index (χ4n) is 4.63. The average molecular weight is 477 g/mol. The summed E-state index contributed by atoms with van der Waals surface area (Å²) in [5.74, 6) is -0.242. The quantitative estimate of drug-likeness (QED) is 0.715. The van der Waals surface area contributed by atoms with Crippen LogP contribution >= 0.6 is 11.6 Å². The van der Waals surface area contributed by atoms with Gasteiger partial charge in [0.25, 0.3) is 5.91 Å². The summed E-state index contributed by atoms with van der Waals surface area (Å²) in [6.07, 6.45) is 1.79. The summed E-state index contributed by atoms with van der Waals surface area (Å²) in [5.41, 5.74) is 3.63. The van der Waals surface area contributed by atoms with E-state index in [4.69, 9.17) is 11.6 Å². The van der Waals surface area contributed by atoms with E-state index < -0.39 is 10.0 Å². The molecular formula is C23H29ClN4O3S. The highest BCUT2D eigenvalue weighted by Crippen LogP contribution is 2.35. The van der Waals surface area contributed by atoms with Crippen LogP contribution in [0.4, 0.5) is 17.1 Å². The maximum atomic E-state index is 13.1. The minimum Gasteiger partial charge on any atom is -0.367 e. The fourth-order valence-corrected chi connectivity index (χ4v) is 6.07. The third-order valence-corrected chi connectivity index (χ3v) is 7.73. The van der Waals surface area contributed by atoms with Crippen molar-refractivity contribution in [1.29, 1.82) is 0 Å². The van der Waals surface area contributed by atoms with Gasteiger partial charge in [0.2, 0.25) is 10.0 Å². The molecule has 1 unspecified atom stereocenters. The van der Waals surface area contributed by atoms with Crippen LogP contribution in [0, 0.1) is 0 Å². The number of benzene rings is 2. The first-order valence-corrected chi connectivity index (χ1v) is 13.1. The topological polar surface area (TPSA) is 73.0 Å². The van der Waals surface area contributed by atoms with Crippen LogP contribution in [0.15, 0.2) is 36.4 Å². The highest BCUT2D eigenvalue weighted by atomic mass is 35.5. The molecule has 32 heavy (non-hydrogen) atoms. The molecule has 2 aliphatic rings. The number of carbonyl (C=O) groups excluding carboxylic acids is 1. The summed E-state index contributed by atoms with van der Waals surface area (Å²) in [4.78, 5) is 17.8. The highest BCUT2D eigenvalue weighted by Gasteiger charge is 2.33. The number of fused-ring (bicyclic) bond motifs is 1. The van der Waals surface area contributed by atoms with Gasteiger partial charge in [0.05, 0.1) is 23.3 Å². The van der Waals surface area contributed by atoms with Crippen molar-refractivity contribution in [2.75, 3.05) is 53.5 Å². The largest absolute Gasteiger partial charge is 0.367 e. The van der Waals surface area contributed by atoms with Crippen LogP contribution in [-0.4, -0.2) is 64.2 Å². The Hall–Kier alpha value is -2.29. The smallest absolute Gasteiger partial charge is 0.255 e. The van der Waals surface area contributed by atoms with Gasteiger partial charge < -0.3 is 15.1 Å². The van der Waals surface area contributed by atoms with E-state index in [1.807, 2.05) is 19.1 Å². The number of sulfonamides is 1. The van der Waals surface area contributed by atoms with Crippen molar-refractivity contribution in [2.45, 2.75) is 26.3 Å². The number of rotatable bonds is 5. The molecule has 0 aliphatic carbocycles. The SMILES string of the molecule is CCN1CCN(c2ccc(Cl)cc2NC(=O)c2ccc3c(c2)CC(C)N3S(C)(=O)=O)CC1. The van der Waals surface area contributed by atoms with Crippen LogP contribution < -0.4 is 14.5 Å². The number of nitrogens with zero attached hydrogens (tertiary/aromatic N) is 3. The molecule has 0 aromatic heterocycles. The third-order valence-electron chi connectivity index (χ3n) is 6.22. The van der Waals surface area contributed by atoms with E-state index in [1.165, 1.54) is 10.6 Å². The van der Waals surface area contributed by atoms with Gasteiger partial charge in [0, 0.05) is 42.8 Å². The van der Waals surface area contributed by atoms with Gasteiger partial charge in [-0.15, -0.1) is 0 Å². The first-order chi connectivity index (χ1) is 15.2. The Labute approximate surface area is 195 Å². The Balaban J connectivity index is 1.57. The van der Waals surface area contributed by atoms with E-state index in [2.05, 4.69) is 22.0 Å². The molecule has 1 atom stereocenters. The van der Waals surface area contributed by atoms with Crippen molar-refractivity contribution in [1.82, 2.24) is 4.90 Å². The number of hydrogen-bond donors (Lipinski definition) is 1. The second-order valence-corrected chi connectivity index (χ2v) is 10.8. The maximum Gasteiger partial charge on any atom is 0.255 e. The molecule has 0 spiro atoms. The number of nitrogens with one attached hydrogen (secondary N) is 1. The number of piperazine rings is 1. The Morgan fingerprint density at radius 3 is 2.44 bits per heavy atom. The predicted octanol–water partition coefficient (Wildman–Crippen LogP) is 3.44. The van der Waals surface area contributed by atoms with Crippen LogP contribution in [0.25, 0.3) is 0 Å². The zero-order valence-electron chi connectivity index (χ0n) is 18.6. The molecule has 0 radical (unpaired) electrons. The van der Waals surface area contributed by atoms with Crippen molar-refractivity contribution in [3.8, 4) is 0 Å². The Bertz CT molecular complexity index is 1130. The fraction of sp³-hybridized carbons (Fsp3) is 0.435. The zero-order valence-corrected chi connectivity index (χ0v) is 20.2. The minimum absolute atomic E-state index is 0.167. The Kier molecular flexibility index (Phi) is 6.38. The summed E-state index contributed by atoms with van der Waals surface area (Å²) >= 11 is 6.24. The number of amides is 1. The molecule has 1 N–H and O–H groups in total. The molecule has 2 heterocycles. The van der Waals surface area contributed by atoms with Gasteiger partial charge in [-0.05, 0) is 61.9 Å². The number of carbonyl (C=O) groups is 1. The summed E-state index contributed by atoms with van der Waals surface area (Å²) in [5, 5.41) is 3.58. The number of hydrogen-bond acceptors (Lipinski definition) is 5. The van der Waals surface area contributed by atoms with Crippen molar-refractivity contribution in [2.24, 2.45) is 0 Å². The average Bonchev–Trinajstić information content (AvgIpc) is 3.09. The molecule has 0 saturated carbocycles. The van der Waals surface area contributed by atoms with Crippen molar-refractivity contribution < 1.29 is 13.2 Å². The first-order valence-electron chi connectivity index (χ1n) is 10.9. The lowest BCUT2D eigenvalue weighted by atomic mass is 10.1. The third kappa shape index (κ3) is 4.58. The van der Waals surface area contributed by atoms with Crippen LogP contribution in [0.2, 0.25) is 5.02 Å². The van der Waals surface area contributed by atoms with Gasteiger partial charge in [-0.3, -0.25) is 9.10 Å². The van der Waals surface area contributed by atoms with E-state index in [9.17, 15) is 13.2 Å². The van der Waals surface area contributed by atoms with Gasteiger partial charge in [0.1, 0.15) is 0 Å². The van der Waals surface area contributed by atoms with Gasteiger partial charge >= 0.3 is 0 Å². The normalized spacial score (nSPS) is 19.2. The monoisotopic (exact) mass is 476 g/mol. The molecule has 2 aliphatic heterocycles. The number of anilines is 3. The number of halogens is 1. The summed E-state index contributed by atoms with van der Waals surface area (Å²) in [6, 6.07) is 10.6. The van der Waals surface area contributed by atoms with Crippen molar-refractivity contribution >= 4 is 44.6 Å². The zero-order chi connectivity index (χ0) is 23.0. The first kappa shape index (κ1) is 22.9. The lowest BCUT2D eigenvalue weighted by molar-refractivity contribution is 0.102. The molecule has 172 valence electrons. The van der Waals surface area contributed by atoms with Gasteiger partial charge in [-0.1, -0.05) is 18.5 Å². The Morgan fingerprint density at radius 2 is 1.78 bits per heavy atom. The minimum atomic E-state index is -3.37. The van der Waals surface area contributed by atoms with E-state index in [0.29, 0.717) is 28.4 Å². The molecule has 1 fully saturated rings. The van der Waals surface area contributed by atoms with Gasteiger partial charge in [-0.2, -0.15) is 0 Å². The molecule has 2 aromatic rings. The van der Waals surface area contributed by atoms with Gasteiger partial charge in [-0.25, -0.2) is 8.42 Å². The molecule has 0 bridgehead atoms. The standard InChI is InChI=1S/C23H29ClN4O3S/c1-4-26-9-11-27(12-10-26)22-8-6-19(24)15-20(22)25-23(29)17-5-7-21-18(14-17)13-16(2)28(21)32(3,30)31/h5-8,14-16H,4,9-13H2,1-3H3,(H,25,29). The van der Waals surface area contributed by atoms with Gasteiger partial charge in [0.15, 0.2) is 0 Å². The predicted molar refractivity (Wildman–Crippen MR) is 131 cm³/mol. The Morgan fingerprint density at radius 1 is 1.09 bits per heavy atom. The van der Waals surface area contributed by atoms with E-state index in [-0.39, 0.29) is 11.9 Å². The van der Waals surface area contributed by atoms with Crippen LogP contribution in [0.3, 0.4) is 0 Å². The molecule has 9 heteroatoms. The second kappa shape index (κ2) is 8.92. The van der Waals surface area contributed by atoms with Crippen LogP contribution in [-0.2, 0) is 16.4 Å².